The zero-order valence-corrected chi connectivity index (χ0v) is 10.1. The minimum Gasteiger partial charge on any atom is -0.622 e. The maximum Gasteiger partial charge on any atom is 0.263 e. The van der Waals surface area contributed by atoms with E-state index in [0.29, 0.717) is 11.2 Å². The Bertz CT molecular complexity index is 564. The van der Waals surface area contributed by atoms with E-state index in [9.17, 15) is 15.5 Å². The van der Waals surface area contributed by atoms with Crippen LogP contribution in [0.15, 0.2) is 4.63 Å². The van der Waals surface area contributed by atoms with Crippen LogP contribution in [0.3, 0.4) is 0 Å². The van der Waals surface area contributed by atoms with E-state index in [1.807, 2.05) is 0 Å². The van der Waals surface area contributed by atoms with Crippen molar-refractivity contribution in [1.82, 2.24) is 5.16 Å². The first-order valence-electron chi connectivity index (χ1n) is 5.75. The van der Waals surface area contributed by atoms with Crippen LogP contribution in [-0.4, -0.2) is 26.4 Å². The van der Waals surface area contributed by atoms with Crippen LogP contribution >= 0.6 is 0 Å². The Hall–Kier alpha value is -1.67. The minimum atomic E-state index is -1.61. The Labute approximate surface area is 102 Å². The van der Waals surface area contributed by atoms with Crippen molar-refractivity contribution < 1.29 is 19.4 Å². The first-order valence-corrected chi connectivity index (χ1v) is 5.75. The Morgan fingerprint density at radius 2 is 2.17 bits per heavy atom. The molecule has 0 amide bonds. The van der Waals surface area contributed by atoms with E-state index in [0.717, 1.165) is 0 Å². The van der Waals surface area contributed by atoms with Crippen molar-refractivity contribution in [2.45, 2.75) is 38.0 Å². The van der Waals surface area contributed by atoms with Crippen molar-refractivity contribution in [3.8, 4) is 0 Å². The highest BCUT2D eigenvalue weighted by Crippen LogP contribution is 2.45. The highest BCUT2D eigenvalue weighted by atomic mass is 16.8. The molecule has 0 bridgehead atoms. The van der Waals surface area contributed by atoms with Crippen molar-refractivity contribution in [3.63, 3.8) is 0 Å². The van der Waals surface area contributed by atoms with E-state index in [2.05, 4.69) is 9.79 Å². The monoisotopic (exact) mass is 254 g/mol. The highest BCUT2D eigenvalue weighted by molar-refractivity contribution is 5.92. The fourth-order valence-corrected chi connectivity index (χ4v) is 2.93. The van der Waals surface area contributed by atoms with E-state index < -0.39 is 17.2 Å². The molecule has 1 aliphatic carbocycles. The highest BCUT2D eigenvalue weighted by Gasteiger charge is 2.67. The number of aromatic nitrogens is 2. The molecule has 0 saturated carbocycles. The first-order chi connectivity index (χ1) is 8.31. The topological polar surface area (TPSA) is 125 Å². The van der Waals surface area contributed by atoms with Crippen molar-refractivity contribution in [2.75, 3.05) is 0 Å². The van der Waals surface area contributed by atoms with Crippen LogP contribution < -0.4 is 10.6 Å². The zero-order valence-electron chi connectivity index (χ0n) is 10.1. The molecule has 2 heterocycles. The Morgan fingerprint density at radius 1 is 1.50 bits per heavy atom. The van der Waals surface area contributed by atoms with E-state index in [-0.39, 0.29) is 28.4 Å². The summed E-state index contributed by atoms with van der Waals surface area (Å²) in [6, 6.07) is 0. The molecule has 0 saturated heterocycles. The van der Waals surface area contributed by atoms with Gasteiger partial charge in [-0.15, -0.1) is 0 Å². The standard InChI is InChI=1S/C10H14N4O4/c1-5-9(2,11)13(16)7-4-3-6-8(10(5,7)15)12-18-14(6)17/h5,15H,3-4,11H2,1-2H3. The first kappa shape index (κ1) is 11.4. The number of aliphatic hydroxyl groups is 1. The summed E-state index contributed by atoms with van der Waals surface area (Å²) in [5, 5.41) is 38.0. The van der Waals surface area contributed by atoms with E-state index >= 15 is 0 Å². The van der Waals surface area contributed by atoms with Crippen LogP contribution in [-0.2, 0) is 12.0 Å². The second-order valence-electron chi connectivity index (χ2n) is 5.18. The van der Waals surface area contributed by atoms with Gasteiger partial charge in [-0.25, -0.2) is 0 Å². The smallest absolute Gasteiger partial charge is 0.263 e. The quantitative estimate of drug-likeness (QED) is 0.438. The van der Waals surface area contributed by atoms with Gasteiger partial charge in [-0.3, -0.25) is 10.4 Å². The summed E-state index contributed by atoms with van der Waals surface area (Å²) in [6.07, 6.45) is 0.578. The fourth-order valence-electron chi connectivity index (χ4n) is 2.93. The molecule has 0 aromatic carbocycles. The SMILES string of the molecule is CC1C2(O)C(=[N+]([O-])C1(C)N)CCc1c2no[n+]1[O-]. The van der Waals surface area contributed by atoms with Crippen LogP contribution in [0.1, 0.15) is 31.7 Å². The molecule has 18 heavy (non-hydrogen) atoms. The van der Waals surface area contributed by atoms with Crippen LogP contribution in [0.2, 0.25) is 0 Å². The Balaban J connectivity index is 2.28. The van der Waals surface area contributed by atoms with E-state index in [4.69, 9.17) is 5.73 Å². The van der Waals surface area contributed by atoms with Gasteiger partial charge in [0.1, 0.15) is 0 Å². The molecule has 0 fully saturated rings. The van der Waals surface area contributed by atoms with E-state index in [1.165, 1.54) is 0 Å². The van der Waals surface area contributed by atoms with Crippen molar-refractivity contribution >= 4 is 5.71 Å². The molecule has 8 heteroatoms. The Morgan fingerprint density at radius 3 is 2.83 bits per heavy atom. The van der Waals surface area contributed by atoms with Crippen LogP contribution in [0.5, 0.6) is 0 Å². The fraction of sp³-hybridized carbons (Fsp3) is 0.700. The van der Waals surface area contributed by atoms with Gasteiger partial charge in [0.05, 0.1) is 5.92 Å². The lowest BCUT2D eigenvalue weighted by Gasteiger charge is -2.27. The van der Waals surface area contributed by atoms with Gasteiger partial charge in [0.15, 0.2) is 0 Å². The summed E-state index contributed by atoms with van der Waals surface area (Å²) < 4.78 is 5.16. The number of hydrogen-bond acceptors (Lipinski definition) is 6. The third-order valence-corrected chi connectivity index (χ3v) is 4.29. The van der Waals surface area contributed by atoms with Crippen LogP contribution in [0.4, 0.5) is 0 Å². The number of rotatable bonds is 0. The Kier molecular flexibility index (Phi) is 1.91. The average Bonchev–Trinajstić information content (AvgIpc) is 2.75. The van der Waals surface area contributed by atoms with Gasteiger partial charge in [0.25, 0.3) is 5.69 Å². The van der Waals surface area contributed by atoms with Gasteiger partial charge < -0.3 is 15.5 Å². The lowest BCUT2D eigenvalue weighted by molar-refractivity contribution is -0.808. The maximum atomic E-state index is 12.1. The number of nitrogens with zero attached hydrogens (tertiary/aromatic N) is 3. The normalized spacial score (nSPS) is 38.8. The molecule has 1 aromatic rings. The zero-order chi connectivity index (χ0) is 13.3. The second kappa shape index (κ2) is 3.01. The van der Waals surface area contributed by atoms with Gasteiger partial charge >= 0.3 is 0 Å². The lowest BCUT2D eigenvalue weighted by atomic mass is 9.74. The summed E-state index contributed by atoms with van der Waals surface area (Å²) >= 11 is 0. The third-order valence-electron chi connectivity index (χ3n) is 4.29. The summed E-state index contributed by atoms with van der Waals surface area (Å²) in [5.74, 6) is -0.596. The van der Waals surface area contributed by atoms with Gasteiger partial charge in [-0.1, -0.05) is 6.92 Å². The summed E-state index contributed by atoms with van der Waals surface area (Å²) in [4.78, 5) is 0.276. The molecular weight excluding hydrogens is 240 g/mol. The van der Waals surface area contributed by atoms with Gasteiger partial charge in [-0.2, -0.15) is 4.74 Å². The van der Waals surface area contributed by atoms with Gasteiger partial charge in [-0.05, 0) is 4.90 Å². The molecule has 1 aromatic heterocycles. The third kappa shape index (κ3) is 1.01. The minimum absolute atomic E-state index is 0.112. The van der Waals surface area contributed by atoms with Crippen LogP contribution in [0, 0.1) is 16.3 Å². The molecule has 8 nitrogen and oxygen atoms in total. The van der Waals surface area contributed by atoms with E-state index in [1.54, 1.807) is 13.8 Å². The molecule has 3 atom stereocenters. The molecule has 3 rings (SSSR count). The van der Waals surface area contributed by atoms with Crippen molar-refractivity contribution in [2.24, 2.45) is 11.7 Å². The predicted molar refractivity (Wildman–Crippen MR) is 58.1 cm³/mol. The summed E-state index contributed by atoms with van der Waals surface area (Å²) in [7, 11) is 0. The number of fused-ring (bicyclic) bond motifs is 3. The number of hydrogen-bond donors (Lipinski definition) is 2. The number of hydroxylamine groups is 1. The molecule has 2 aliphatic rings. The lowest BCUT2D eigenvalue weighted by Crippen LogP contribution is -2.52. The number of nitrogens with two attached hydrogens (primary N) is 1. The average molecular weight is 254 g/mol. The molecule has 98 valence electrons. The maximum absolute atomic E-state index is 12.1. The predicted octanol–water partition coefficient (Wildman–Crippen LogP) is -1.28. The molecular formula is C10H14N4O4. The largest absolute Gasteiger partial charge is 0.622 e. The molecule has 3 unspecified atom stereocenters. The van der Waals surface area contributed by atoms with Crippen molar-refractivity contribution in [3.05, 3.63) is 21.8 Å². The van der Waals surface area contributed by atoms with Gasteiger partial charge in [0, 0.05) is 24.9 Å². The van der Waals surface area contributed by atoms with Crippen LogP contribution in [0.25, 0.3) is 0 Å². The van der Waals surface area contributed by atoms with Gasteiger partial charge in [0.2, 0.25) is 22.7 Å². The van der Waals surface area contributed by atoms with Crippen molar-refractivity contribution in [1.29, 1.82) is 0 Å². The molecule has 3 N–H and O–H groups in total. The molecule has 1 aliphatic heterocycles. The molecule has 0 spiro atoms. The second-order valence-corrected chi connectivity index (χ2v) is 5.18. The summed E-state index contributed by atoms with van der Waals surface area (Å²) in [5.41, 5.74) is 3.74. The summed E-state index contributed by atoms with van der Waals surface area (Å²) in [6.45, 7) is 3.22. The molecule has 0 radical (unpaired) electrons.